The molecule has 0 aromatic heterocycles. The summed E-state index contributed by atoms with van der Waals surface area (Å²) in [5.41, 5.74) is 15.4. The van der Waals surface area contributed by atoms with Crippen LogP contribution in [0, 0.1) is 0 Å². The predicted octanol–water partition coefficient (Wildman–Crippen LogP) is -3.10. The number of aliphatic imine (C=N–C) groups is 2. The molecule has 19 heavy (non-hydrogen) atoms. The van der Waals surface area contributed by atoms with Crippen molar-refractivity contribution in [2.75, 3.05) is 0 Å². The Labute approximate surface area is 106 Å². The van der Waals surface area contributed by atoms with Crippen molar-refractivity contribution in [3.05, 3.63) is 11.6 Å². The van der Waals surface area contributed by atoms with Gasteiger partial charge < -0.3 is 23.0 Å². The minimum Gasteiger partial charge on any atom is -0.366 e. The van der Waals surface area contributed by atoms with Crippen molar-refractivity contribution < 1.29 is 0 Å². The molecule has 0 spiro atoms. The lowest BCUT2D eigenvalue weighted by atomic mass is 10.7. The first kappa shape index (κ1) is 13.9. The van der Waals surface area contributed by atoms with Crippen molar-refractivity contribution in [2.24, 2.45) is 70.3 Å². The molecule has 0 fully saturated rings. The smallest absolute Gasteiger partial charge is 0.242 e. The van der Waals surface area contributed by atoms with E-state index in [0.29, 0.717) is 5.12 Å². The van der Waals surface area contributed by atoms with Crippen molar-refractivity contribution >= 4 is 17.9 Å². The molecule has 12 N–H and O–H groups in total. The van der Waals surface area contributed by atoms with Gasteiger partial charge in [-0.1, -0.05) is 0 Å². The first-order valence-corrected chi connectivity index (χ1v) is 4.53. The van der Waals surface area contributed by atoms with Crippen molar-refractivity contribution in [3.63, 3.8) is 0 Å². The molecular weight excluding hydrogens is 256 g/mol. The summed E-state index contributed by atoms with van der Waals surface area (Å²) in [6.45, 7) is 0. The molecule has 102 valence electrons. The Morgan fingerprint density at radius 1 is 0.895 bits per heavy atom. The Morgan fingerprint density at radius 2 is 1.32 bits per heavy atom. The van der Waals surface area contributed by atoms with E-state index in [1.54, 1.807) is 0 Å². The molecule has 0 aliphatic carbocycles. The fourth-order valence-corrected chi connectivity index (χ4v) is 0.760. The van der Waals surface area contributed by atoms with E-state index in [-0.39, 0.29) is 29.5 Å². The SMILES string of the molecule is NC1=NC(=C2N=NC(N)=N2)N=N1.NN=C(N)N(N)N. The number of nitrogens with two attached hydrogens (primary N) is 6. The maximum Gasteiger partial charge on any atom is 0.242 e. The average Bonchev–Trinajstić information content (AvgIpc) is 2.97. The molecule has 0 aromatic carbocycles. The largest absolute Gasteiger partial charge is 0.366 e. The van der Waals surface area contributed by atoms with Crippen LogP contribution in [0.4, 0.5) is 0 Å². The van der Waals surface area contributed by atoms with E-state index in [9.17, 15) is 0 Å². The third-order valence-electron chi connectivity index (χ3n) is 1.53. The molecule has 2 aliphatic heterocycles. The average molecular weight is 268 g/mol. The molecule has 2 heterocycles. The Balaban J connectivity index is 0.000000224. The van der Waals surface area contributed by atoms with Crippen LogP contribution in [0.5, 0.6) is 0 Å². The van der Waals surface area contributed by atoms with Gasteiger partial charge >= 0.3 is 0 Å². The van der Waals surface area contributed by atoms with Crippen LogP contribution in [-0.2, 0) is 0 Å². The van der Waals surface area contributed by atoms with Crippen LogP contribution in [-0.4, -0.2) is 23.0 Å². The fraction of sp³-hybridized carbons (Fsp3) is 0. The minimum atomic E-state index is -0.111. The summed E-state index contributed by atoms with van der Waals surface area (Å²) in [6.07, 6.45) is 0. The van der Waals surface area contributed by atoms with Crippen LogP contribution in [0.15, 0.2) is 47.2 Å². The molecule has 0 amide bonds. The summed E-state index contributed by atoms with van der Waals surface area (Å²) in [7, 11) is 0. The van der Waals surface area contributed by atoms with E-state index < -0.39 is 0 Å². The van der Waals surface area contributed by atoms with E-state index in [1.165, 1.54) is 0 Å². The zero-order valence-corrected chi connectivity index (χ0v) is 9.54. The Bertz CT molecular complexity index is 480. The Hall–Kier alpha value is -3.13. The Morgan fingerprint density at radius 3 is 1.47 bits per heavy atom. The van der Waals surface area contributed by atoms with E-state index in [0.717, 1.165) is 0 Å². The zero-order valence-electron chi connectivity index (χ0n) is 9.54. The summed E-state index contributed by atoms with van der Waals surface area (Å²) in [6, 6.07) is 0. The standard InChI is InChI=1S/C4H4N8.CH8N6/c5-3-7-1(9-11-3)2-8-4(6)12-10-2;2-1(6-3)7(4)5/h(H2,5,7)(H2,6,8);3-5H2,(H2,2,6). The fourth-order valence-electron chi connectivity index (χ4n) is 0.760. The van der Waals surface area contributed by atoms with E-state index in [2.05, 4.69) is 41.4 Å². The number of nitrogens with zero attached hydrogens (tertiary/aromatic N) is 8. The van der Waals surface area contributed by atoms with Crippen LogP contribution in [0.3, 0.4) is 0 Å². The number of hydrogen-bond donors (Lipinski definition) is 6. The van der Waals surface area contributed by atoms with Gasteiger partial charge in [-0.3, -0.25) is 0 Å². The van der Waals surface area contributed by atoms with Crippen molar-refractivity contribution in [1.29, 1.82) is 0 Å². The van der Waals surface area contributed by atoms with E-state index in [1.807, 2.05) is 0 Å². The number of hydrazine groups is 2. The Kier molecular flexibility index (Phi) is 4.39. The van der Waals surface area contributed by atoms with E-state index >= 15 is 0 Å². The van der Waals surface area contributed by atoms with Gasteiger partial charge in [0, 0.05) is 0 Å². The lowest BCUT2D eigenvalue weighted by Crippen LogP contribution is -2.48. The van der Waals surface area contributed by atoms with Gasteiger partial charge in [0.25, 0.3) is 0 Å². The highest BCUT2D eigenvalue weighted by Gasteiger charge is 2.14. The molecule has 2 aliphatic rings. The maximum atomic E-state index is 5.23. The second kappa shape index (κ2) is 5.98. The molecule has 0 saturated carbocycles. The van der Waals surface area contributed by atoms with Gasteiger partial charge in [-0.05, 0) is 0 Å². The van der Waals surface area contributed by atoms with Crippen LogP contribution in [0.2, 0.25) is 0 Å². The van der Waals surface area contributed by atoms with Gasteiger partial charge in [-0.2, -0.15) is 9.98 Å². The van der Waals surface area contributed by atoms with E-state index in [4.69, 9.17) is 28.9 Å². The van der Waals surface area contributed by atoms with Gasteiger partial charge in [-0.25, -0.2) is 16.8 Å². The van der Waals surface area contributed by atoms with Crippen LogP contribution in [0.25, 0.3) is 0 Å². The van der Waals surface area contributed by atoms with Crippen molar-refractivity contribution in [1.82, 2.24) is 5.12 Å². The highest BCUT2D eigenvalue weighted by atomic mass is 15.6. The summed E-state index contributed by atoms with van der Waals surface area (Å²) in [5.74, 6) is 14.8. The lowest BCUT2D eigenvalue weighted by Gasteiger charge is -2.06. The van der Waals surface area contributed by atoms with Gasteiger partial charge in [0.15, 0.2) is 0 Å². The van der Waals surface area contributed by atoms with Crippen molar-refractivity contribution in [2.45, 2.75) is 0 Å². The minimum absolute atomic E-state index is 0.0772. The maximum absolute atomic E-state index is 5.23. The molecule has 0 saturated heterocycles. The van der Waals surface area contributed by atoms with Crippen LogP contribution < -0.4 is 34.7 Å². The first-order valence-electron chi connectivity index (χ1n) is 4.53. The van der Waals surface area contributed by atoms with Crippen LogP contribution in [0.1, 0.15) is 0 Å². The summed E-state index contributed by atoms with van der Waals surface area (Å²) >= 11 is 0. The molecule has 0 aromatic rings. The topological polar surface area (TPSA) is 246 Å². The lowest BCUT2D eigenvalue weighted by molar-refractivity contribution is 0.457. The first-order chi connectivity index (χ1) is 8.93. The molecule has 0 unspecified atom stereocenters. The number of hydrazone groups is 1. The van der Waals surface area contributed by atoms with Crippen LogP contribution >= 0.6 is 0 Å². The predicted molar refractivity (Wildman–Crippen MR) is 66.0 cm³/mol. The molecule has 0 bridgehead atoms. The van der Waals surface area contributed by atoms with Gasteiger partial charge in [0.2, 0.25) is 29.5 Å². The van der Waals surface area contributed by atoms with Gasteiger partial charge in [-0.15, -0.1) is 25.6 Å². The summed E-state index contributed by atoms with van der Waals surface area (Å²) in [4.78, 5) is 7.46. The molecular formula is C5H12N14. The third-order valence-corrected chi connectivity index (χ3v) is 1.53. The highest BCUT2D eigenvalue weighted by Crippen LogP contribution is 2.18. The molecule has 2 rings (SSSR count). The normalized spacial score (nSPS) is 20.8. The second-order valence-electron chi connectivity index (χ2n) is 2.88. The second-order valence-corrected chi connectivity index (χ2v) is 2.88. The third kappa shape index (κ3) is 3.98. The van der Waals surface area contributed by atoms with Crippen molar-refractivity contribution in [3.8, 4) is 0 Å². The molecule has 14 nitrogen and oxygen atoms in total. The number of guanidine groups is 3. The number of azo groups is 2. The summed E-state index contributed by atoms with van der Waals surface area (Å²) < 4.78 is 0. The van der Waals surface area contributed by atoms with Gasteiger partial charge in [0.05, 0.1) is 0 Å². The van der Waals surface area contributed by atoms with Gasteiger partial charge in [0.1, 0.15) is 0 Å². The monoisotopic (exact) mass is 268 g/mol. The highest BCUT2D eigenvalue weighted by molar-refractivity contribution is 5.82. The summed E-state index contributed by atoms with van der Waals surface area (Å²) in [5, 5.41) is 17.7. The molecule has 0 radical (unpaired) electrons. The number of rotatable bonds is 0. The molecule has 0 atom stereocenters. The number of hydrogen-bond acceptors (Lipinski definition) is 12. The molecule has 14 heteroatoms. The zero-order chi connectivity index (χ0) is 14.4. The quantitative estimate of drug-likeness (QED) is 0.114.